The highest BCUT2D eigenvalue weighted by Crippen LogP contribution is 2.32. The summed E-state index contributed by atoms with van der Waals surface area (Å²) in [5.41, 5.74) is 2.16. The Labute approximate surface area is 165 Å². The van der Waals surface area contributed by atoms with Crippen LogP contribution in [0.1, 0.15) is 5.56 Å². The smallest absolute Gasteiger partial charge is 0.266 e. The number of anilines is 1. The number of aromatic amines is 1. The molecular weight excluding hydrogens is 375 g/mol. The third-order valence-corrected chi connectivity index (χ3v) is 4.27. The van der Waals surface area contributed by atoms with Gasteiger partial charge in [0, 0.05) is 22.9 Å². The molecule has 0 atom stereocenters. The van der Waals surface area contributed by atoms with Gasteiger partial charge in [-0.2, -0.15) is 10.4 Å². The molecule has 0 saturated carbocycles. The Morgan fingerprint density at radius 1 is 1.17 bits per heavy atom. The number of amides is 1. The Kier molecular flexibility index (Phi) is 4.95. The summed E-state index contributed by atoms with van der Waals surface area (Å²) in [5.74, 6) is 0.204. The molecule has 7 nitrogen and oxygen atoms in total. The van der Waals surface area contributed by atoms with E-state index in [0.717, 1.165) is 0 Å². The lowest BCUT2D eigenvalue weighted by Crippen LogP contribution is -2.17. The molecule has 0 saturated heterocycles. The number of halogens is 1. The molecule has 2 aromatic carbocycles. The van der Waals surface area contributed by atoms with Gasteiger partial charge >= 0.3 is 0 Å². The van der Waals surface area contributed by atoms with Gasteiger partial charge in [-0.25, -0.2) is 4.39 Å². The van der Waals surface area contributed by atoms with Crippen molar-refractivity contribution in [1.82, 2.24) is 10.2 Å². The molecule has 8 heteroatoms. The van der Waals surface area contributed by atoms with Crippen LogP contribution in [0.25, 0.3) is 17.3 Å². The molecule has 29 heavy (non-hydrogen) atoms. The molecule has 1 aliphatic heterocycles. The second-order valence-corrected chi connectivity index (χ2v) is 6.19. The van der Waals surface area contributed by atoms with E-state index in [1.807, 2.05) is 6.07 Å². The molecule has 1 aliphatic rings. The first-order valence-corrected chi connectivity index (χ1v) is 8.76. The zero-order valence-corrected chi connectivity index (χ0v) is 15.1. The summed E-state index contributed by atoms with van der Waals surface area (Å²) in [7, 11) is 0. The summed E-state index contributed by atoms with van der Waals surface area (Å²) in [6.07, 6.45) is 2.92. The molecule has 1 aromatic heterocycles. The molecule has 1 amide bonds. The van der Waals surface area contributed by atoms with E-state index in [2.05, 4.69) is 15.5 Å². The fourth-order valence-corrected chi connectivity index (χ4v) is 2.88. The molecule has 144 valence electrons. The molecule has 2 heterocycles. The quantitative estimate of drug-likeness (QED) is 0.524. The van der Waals surface area contributed by atoms with Crippen LogP contribution in [0.3, 0.4) is 0 Å². The summed E-state index contributed by atoms with van der Waals surface area (Å²) in [6, 6.07) is 12.7. The van der Waals surface area contributed by atoms with Gasteiger partial charge in [-0.1, -0.05) is 0 Å². The van der Waals surface area contributed by atoms with E-state index in [1.165, 1.54) is 24.4 Å². The van der Waals surface area contributed by atoms with Crippen LogP contribution in [0.2, 0.25) is 0 Å². The van der Waals surface area contributed by atoms with Crippen LogP contribution >= 0.6 is 0 Å². The number of hydrogen-bond acceptors (Lipinski definition) is 5. The number of benzene rings is 2. The summed E-state index contributed by atoms with van der Waals surface area (Å²) < 4.78 is 24.1. The predicted octanol–water partition coefficient (Wildman–Crippen LogP) is 3.53. The number of carbonyl (C=O) groups is 1. The van der Waals surface area contributed by atoms with Crippen LogP contribution in [0.4, 0.5) is 10.1 Å². The highest BCUT2D eigenvalue weighted by Gasteiger charge is 2.16. The first-order chi connectivity index (χ1) is 14.1. The molecule has 2 N–H and O–H groups in total. The molecule has 0 unspecified atom stereocenters. The lowest BCUT2D eigenvalue weighted by molar-refractivity contribution is -0.112. The number of nitriles is 1. The first-order valence-electron chi connectivity index (χ1n) is 8.76. The zero-order valence-electron chi connectivity index (χ0n) is 15.1. The Morgan fingerprint density at radius 3 is 2.69 bits per heavy atom. The number of carbonyl (C=O) groups excluding carboxylic acids is 1. The fraction of sp³-hybridized carbons (Fsp3) is 0.0952. The third kappa shape index (κ3) is 3.94. The van der Waals surface area contributed by atoms with Crippen molar-refractivity contribution in [1.29, 1.82) is 5.26 Å². The van der Waals surface area contributed by atoms with Gasteiger partial charge in [-0.3, -0.25) is 9.89 Å². The van der Waals surface area contributed by atoms with Crippen molar-refractivity contribution in [2.75, 3.05) is 18.5 Å². The van der Waals surface area contributed by atoms with E-state index in [-0.39, 0.29) is 11.4 Å². The SMILES string of the molecule is N#CC(=Cc1cn[nH]c1-c1ccc(F)cc1)C(=O)Nc1ccc2c(c1)OCCO2. The van der Waals surface area contributed by atoms with Crippen LogP contribution in [0, 0.1) is 17.1 Å². The minimum atomic E-state index is -0.574. The predicted molar refractivity (Wildman–Crippen MR) is 104 cm³/mol. The average Bonchev–Trinajstić information content (AvgIpc) is 3.20. The number of ether oxygens (including phenoxy) is 2. The van der Waals surface area contributed by atoms with E-state index in [9.17, 15) is 14.4 Å². The maximum atomic E-state index is 13.2. The molecule has 3 aromatic rings. The number of hydrogen-bond donors (Lipinski definition) is 2. The second-order valence-electron chi connectivity index (χ2n) is 6.19. The average molecular weight is 390 g/mol. The van der Waals surface area contributed by atoms with E-state index in [0.29, 0.717) is 47.2 Å². The fourth-order valence-electron chi connectivity index (χ4n) is 2.88. The number of nitrogens with one attached hydrogen (secondary N) is 2. The lowest BCUT2D eigenvalue weighted by Gasteiger charge is -2.18. The number of H-pyrrole nitrogens is 1. The number of fused-ring (bicyclic) bond motifs is 1. The minimum Gasteiger partial charge on any atom is -0.486 e. The van der Waals surface area contributed by atoms with Crippen molar-refractivity contribution in [3.8, 4) is 28.8 Å². The monoisotopic (exact) mass is 390 g/mol. The van der Waals surface area contributed by atoms with Crippen LogP contribution in [0.5, 0.6) is 11.5 Å². The van der Waals surface area contributed by atoms with Crippen molar-refractivity contribution < 1.29 is 18.7 Å². The molecule has 0 aliphatic carbocycles. The van der Waals surface area contributed by atoms with Crippen molar-refractivity contribution in [3.05, 3.63) is 65.6 Å². The van der Waals surface area contributed by atoms with Crippen LogP contribution < -0.4 is 14.8 Å². The van der Waals surface area contributed by atoms with Crippen molar-refractivity contribution in [2.24, 2.45) is 0 Å². The molecule has 0 fully saturated rings. The summed E-state index contributed by atoms with van der Waals surface area (Å²) in [5, 5.41) is 18.9. The highest BCUT2D eigenvalue weighted by molar-refractivity contribution is 6.10. The van der Waals surface area contributed by atoms with Crippen LogP contribution in [-0.4, -0.2) is 29.3 Å². The van der Waals surface area contributed by atoms with E-state index < -0.39 is 5.91 Å². The van der Waals surface area contributed by atoms with Gasteiger partial charge in [0.2, 0.25) is 0 Å². The largest absolute Gasteiger partial charge is 0.486 e. The van der Waals surface area contributed by atoms with Gasteiger partial charge in [0.05, 0.1) is 11.9 Å². The summed E-state index contributed by atoms with van der Waals surface area (Å²) in [4.78, 5) is 12.6. The maximum absolute atomic E-state index is 13.2. The summed E-state index contributed by atoms with van der Waals surface area (Å²) >= 11 is 0. The van der Waals surface area contributed by atoms with Crippen LogP contribution in [0.15, 0.2) is 54.2 Å². The van der Waals surface area contributed by atoms with Crippen molar-refractivity contribution >= 4 is 17.7 Å². The number of rotatable bonds is 4. The number of aromatic nitrogens is 2. The topological polar surface area (TPSA) is 100 Å². The maximum Gasteiger partial charge on any atom is 0.266 e. The number of nitrogens with zero attached hydrogens (tertiary/aromatic N) is 2. The van der Waals surface area contributed by atoms with Gasteiger partial charge in [-0.15, -0.1) is 0 Å². The first kappa shape index (κ1) is 18.3. The standard InChI is InChI=1S/C21H15FN4O3/c22-16-3-1-13(2-4-16)20-15(12-24-26-20)9-14(11-23)21(27)25-17-5-6-18-19(10-17)29-8-7-28-18/h1-6,9-10,12H,7-8H2,(H,24,26)(H,25,27). The van der Waals surface area contributed by atoms with E-state index in [1.54, 1.807) is 30.3 Å². The van der Waals surface area contributed by atoms with Gasteiger partial charge < -0.3 is 14.8 Å². The van der Waals surface area contributed by atoms with Crippen LogP contribution in [-0.2, 0) is 4.79 Å². The normalized spacial score (nSPS) is 12.9. The molecular formula is C21H15FN4O3. The Balaban J connectivity index is 1.57. The zero-order chi connectivity index (χ0) is 20.2. The third-order valence-electron chi connectivity index (χ3n) is 4.27. The van der Waals surface area contributed by atoms with Crippen molar-refractivity contribution in [3.63, 3.8) is 0 Å². The van der Waals surface area contributed by atoms with E-state index >= 15 is 0 Å². The van der Waals surface area contributed by atoms with E-state index in [4.69, 9.17) is 9.47 Å². The Bertz CT molecular complexity index is 1130. The van der Waals surface area contributed by atoms with Gasteiger partial charge in [0.15, 0.2) is 11.5 Å². The second kappa shape index (κ2) is 7.86. The van der Waals surface area contributed by atoms with Gasteiger partial charge in [-0.05, 0) is 42.5 Å². The minimum absolute atomic E-state index is 0.107. The molecule has 4 rings (SSSR count). The lowest BCUT2D eigenvalue weighted by atomic mass is 10.1. The Morgan fingerprint density at radius 2 is 1.93 bits per heavy atom. The highest BCUT2D eigenvalue weighted by atomic mass is 19.1. The van der Waals surface area contributed by atoms with Crippen molar-refractivity contribution in [2.45, 2.75) is 0 Å². The van der Waals surface area contributed by atoms with Gasteiger partial charge in [0.25, 0.3) is 5.91 Å². The molecule has 0 spiro atoms. The molecule has 0 bridgehead atoms. The molecule has 0 radical (unpaired) electrons. The van der Waals surface area contributed by atoms with Gasteiger partial charge in [0.1, 0.15) is 30.7 Å². The Hall–Kier alpha value is -4.12. The summed E-state index contributed by atoms with van der Waals surface area (Å²) in [6.45, 7) is 0.904.